The fraction of sp³-hybridized carbons (Fsp3) is 1.00. The zero-order valence-electron chi connectivity index (χ0n) is 11.3. The van der Waals surface area contributed by atoms with Gasteiger partial charge in [0, 0.05) is 31.7 Å². The Labute approximate surface area is 107 Å². The van der Waals surface area contributed by atoms with Crippen molar-refractivity contribution in [3.63, 3.8) is 0 Å². The molecule has 2 unspecified atom stereocenters. The molecule has 1 heterocycles. The Hall–Kier alpha value is -0.330. The number of piperazine rings is 1. The normalized spacial score (nSPS) is 26.8. The Morgan fingerprint density at radius 1 is 1.39 bits per heavy atom. The summed E-state index contributed by atoms with van der Waals surface area (Å²) in [5, 5.41) is 3.45. The van der Waals surface area contributed by atoms with Gasteiger partial charge in [0.1, 0.15) is 0 Å². The molecule has 2 atom stereocenters. The number of nitrogens with one attached hydrogen (secondary N) is 1. The van der Waals surface area contributed by atoms with Gasteiger partial charge in [-0.25, -0.2) is 0 Å². The maximum atomic E-state index is 11.9. The first kappa shape index (κ1) is 15.7. The van der Waals surface area contributed by atoms with Crippen molar-refractivity contribution in [1.82, 2.24) is 10.2 Å². The van der Waals surface area contributed by atoms with E-state index in [0.29, 0.717) is 24.5 Å². The second-order valence-electron chi connectivity index (χ2n) is 5.11. The molecule has 0 spiro atoms. The average Bonchev–Trinajstić information content (AvgIpc) is 2.27. The Balaban J connectivity index is 2.43. The summed E-state index contributed by atoms with van der Waals surface area (Å²) in [5.74, 6) is 0.480. The molecule has 1 rings (SSSR count). The first-order chi connectivity index (χ1) is 8.33. The predicted octanol–water partition coefficient (Wildman–Crippen LogP) is 2.23. The van der Waals surface area contributed by atoms with Gasteiger partial charge in [0.05, 0.1) is 6.61 Å². The fourth-order valence-electron chi connectivity index (χ4n) is 2.28. The minimum absolute atomic E-state index is 0.287. The van der Waals surface area contributed by atoms with Crippen LogP contribution in [0.3, 0.4) is 0 Å². The first-order valence-corrected chi connectivity index (χ1v) is 6.51. The van der Waals surface area contributed by atoms with Crippen LogP contribution in [-0.4, -0.2) is 49.6 Å². The van der Waals surface area contributed by atoms with Crippen molar-refractivity contribution in [3.8, 4) is 0 Å². The summed E-state index contributed by atoms with van der Waals surface area (Å²) in [6.07, 6.45) is -3.59. The van der Waals surface area contributed by atoms with Gasteiger partial charge in [-0.05, 0) is 12.3 Å². The van der Waals surface area contributed by atoms with Gasteiger partial charge in [-0.3, -0.25) is 9.64 Å². The van der Waals surface area contributed by atoms with E-state index in [-0.39, 0.29) is 6.61 Å². The van der Waals surface area contributed by atoms with Crippen LogP contribution in [0.2, 0.25) is 0 Å². The highest BCUT2D eigenvalue weighted by Crippen LogP contribution is 2.18. The molecule has 0 aromatic heterocycles. The number of rotatable bonds is 5. The van der Waals surface area contributed by atoms with Crippen LogP contribution in [0.5, 0.6) is 0 Å². The molecule has 1 fully saturated rings. The van der Waals surface area contributed by atoms with Crippen molar-refractivity contribution in [3.05, 3.63) is 0 Å². The number of ether oxygens (including phenoxy) is 1. The zero-order valence-corrected chi connectivity index (χ0v) is 11.3. The predicted molar refractivity (Wildman–Crippen MR) is 64.3 cm³/mol. The first-order valence-electron chi connectivity index (χ1n) is 6.51. The van der Waals surface area contributed by atoms with Crippen LogP contribution in [0.15, 0.2) is 0 Å². The fourth-order valence-corrected chi connectivity index (χ4v) is 2.28. The Morgan fingerprint density at radius 3 is 2.56 bits per heavy atom. The van der Waals surface area contributed by atoms with Gasteiger partial charge in [0.25, 0.3) is 0 Å². The largest absolute Gasteiger partial charge is 0.522 e. The second kappa shape index (κ2) is 6.73. The van der Waals surface area contributed by atoms with Crippen LogP contribution in [0.4, 0.5) is 13.2 Å². The molecule has 6 heteroatoms. The summed E-state index contributed by atoms with van der Waals surface area (Å²) in [5.41, 5.74) is 0. The van der Waals surface area contributed by atoms with E-state index in [4.69, 9.17) is 0 Å². The molecule has 0 saturated carbocycles. The number of hydrogen-bond acceptors (Lipinski definition) is 3. The molecule has 1 N–H and O–H groups in total. The van der Waals surface area contributed by atoms with E-state index in [1.54, 1.807) is 0 Å². The molecule has 0 aromatic rings. The molecule has 1 aliphatic rings. The summed E-state index contributed by atoms with van der Waals surface area (Å²) < 4.78 is 39.7. The van der Waals surface area contributed by atoms with E-state index in [1.807, 2.05) is 0 Å². The third-order valence-electron chi connectivity index (χ3n) is 3.48. The van der Waals surface area contributed by atoms with Crippen LogP contribution in [-0.2, 0) is 4.74 Å². The lowest BCUT2D eigenvalue weighted by atomic mass is 9.98. The van der Waals surface area contributed by atoms with Crippen LogP contribution in [0.1, 0.15) is 27.2 Å². The molecule has 3 nitrogen and oxygen atoms in total. The minimum Gasteiger partial charge on any atom is -0.311 e. The van der Waals surface area contributed by atoms with E-state index in [2.05, 4.69) is 35.7 Å². The Kier molecular flexibility index (Phi) is 5.88. The summed E-state index contributed by atoms with van der Waals surface area (Å²) in [6, 6.07) is 0.649. The van der Waals surface area contributed by atoms with Gasteiger partial charge in [-0.1, -0.05) is 20.8 Å². The maximum absolute atomic E-state index is 11.9. The maximum Gasteiger partial charge on any atom is 0.522 e. The van der Waals surface area contributed by atoms with E-state index < -0.39 is 6.36 Å². The smallest absolute Gasteiger partial charge is 0.311 e. The van der Waals surface area contributed by atoms with Gasteiger partial charge in [0.2, 0.25) is 0 Å². The van der Waals surface area contributed by atoms with Crippen molar-refractivity contribution in [2.75, 3.05) is 26.2 Å². The van der Waals surface area contributed by atoms with Crippen molar-refractivity contribution in [1.29, 1.82) is 0 Å². The molecule has 0 amide bonds. The van der Waals surface area contributed by atoms with Gasteiger partial charge in [-0.2, -0.15) is 0 Å². The molecule has 1 aliphatic heterocycles. The molecule has 18 heavy (non-hydrogen) atoms. The quantitative estimate of drug-likeness (QED) is 0.827. The summed E-state index contributed by atoms with van der Waals surface area (Å²) >= 11 is 0. The van der Waals surface area contributed by atoms with Crippen LogP contribution in [0, 0.1) is 5.92 Å². The lowest BCUT2D eigenvalue weighted by Crippen LogP contribution is -2.58. The number of hydrogen-bond donors (Lipinski definition) is 1. The van der Waals surface area contributed by atoms with Gasteiger partial charge in [-0.15, -0.1) is 13.2 Å². The average molecular weight is 268 g/mol. The van der Waals surface area contributed by atoms with Gasteiger partial charge in [0.15, 0.2) is 0 Å². The van der Waals surface area contributed by atoms with Crippen LogP contribution in [0.25, 0.3) is 0 Å². The molecular formula is C12H23F3N2O. The highest BCUT2D eigenvalue weighted by Gasteiger charge is 2.31. The van der Waals surface area contributed by atoms with Crippen molar-refractivity contribution in [2.24, 2.45) is 5.92 Å². The highest BCUT2D eigenvalue weighted by molar-refractivity contribution is 4.86. The van der Waals surface area contributed by atoms with Crippen molar-refractivity contribution >= 4 is 0 Å². The summed E-state index contributed by atoms with van der Waals surface area (Å²) in [7, 11) is 0. The molecular weight excluding hydrogens is 245 g/mol. The SMILES string of the molecule is CCC1CNC(C(C)C)CN1CCOC(F)(F)F. The van der Waals surface area contributed by atoms with E-state index in [9.17, 15) is 13.2 Å². The third-order valence-corrected chi connectivity index (χ3v) is 3.48. The molecule has 0 bridgehead atoms. The molecule has 108 valence electrons. The molecule has 0 aromatic carbocycles. The molecule has 0 radical (unpaired) electrons. The van der Waals surface area contributed by atoms with Crippen LogP contribution >= 0.6 is 0 Å². The lowest BCUT2D eigenvalue weighted by Gasteiger charge is -2.41. The van der Waals surface area contributed by atoms with E-state index >= 15 is 0 Å². The summed E-state index contributed by atoms with van der Waals surface area (Å²) in [4.78, 5) is 2.10. The molecule has 0 aliphatic carbocycles. The molecule has 1 saturated heterocycles. The van der Waals surface area contributed by atoms with E-state index in [1.165, 1.54) is 0 Å². The van der Waals surface area contributed by atoms with E-state index in [0.717, 1.165) is 19.5 Å². The number of nitrogens with zero attached hydrogens (tertiary/aromatic N) is 1. The minimum atomic E-state index is -4.52. The van der Waals surface area contributed by atoms with Crippen molar-refractivity contribution in [2.45, 2.75) is 45.6 Å². The third kappa shape index (κ3) is 5.12. The highest BCUT2D eigenvalue weighted by atomic mass is 19.4. The monoisotopic (exact) mass is 268 g/mol. The standard InChI is InChI=1S/C12H23F3N2O/c1-4-10-7-16-11(9(2)3)8-17(10)5-6-18-12(13,14)15/h9-11,16H,4-8H2,1-3H3. The Bertz CT molecular complexity index is 246. The van der Waals surface area contributed by atoms with Gasteiger partial charge < -0.3 is 5.32 Å². The van der Waals surface area contributed by atoms with Crippen molar-refractivity contribution < 1.29 is 17.9 Å². The Morgan fingerprint density at radius 2 is 2.06 bits per heavy atom. The van der Waals surface area contributed by atoms with Gasteiger partial charge >= 0.3 is 6.36 Å². The topological polar surface area (TPSA) is 24.5 Å². The number of halogens is 3. The van der Waals surface area contributed by atoms with Crippen LogP contribution < -0.4 is 5.32 Å². The lowest BCUT2D eigenvalue weighted by molar-refractivity contribution is -0.325. The number of alkyl halides is 3. The zero-order chi connectivity index (χ0) is 13.8. The second-order valence-corrected chi connectivity index (χ2v) is 5.11. The summed E-state index contributed by atoms with van der Waals surface area (Å²) in [6.45, 7) is 7.97.